The van der Waals surface area contributed by atoms with Gasteiger partial charge in [-0.05, 0) is 29.7 Å². The number of aromatic amines is 1. The van der Waals surface area contributed by atoms with E-state index in [1.165, 1.54) is 0 Å². The molecule has 0 aliphatic rings. The molecule has 2 N–H and O–H groups in total. The Hall–Kier alpha value is -3.60. The molecule has 5 nitrogen and oxygen atoms in total. The van der Waals surface area contributed by atoms with Gasteiger partial charge in [-0.25, -0.2) is 0 Å². The number of benzene rings is 3. The third-order valence-electron chi connectivity index (χ3n) is 4.20. The van der Waals surface area contributed by atoms with Crippen LogP contribution in [0.3, 0.4) is 0 Å². The van der Waals surface area contributed by atoms with Gasteiger partial charge in [-0.1, -0.05) is 42.5 Å². The maximum Gasteiger partial charge on any atom is 0.262 e. The first-order valence-electron chi connectivity index (χ1n) is 8.23. The summed E-state index contributed by atoms with van der Waals surface area (Å²) in [4.78, 5) is 26.8. The van der Waals surface area contributed by atoms with Crippen LogP contribution in [0, 0.1) is 0 Å². The molecule has 0 saturated heterocycles. The molecule has 5 heteroatoms. The highest BCUT2D eigenvalue weighted by Crippen LogP contribution is 2.24. The summed E-state index contributed by atoms with van der Waals surface area (Å²) in [5, 5.41) is 6.11. The number of carbonyl (C=O) groups excluding carboxylic acids is 1. The summed E-state index contributed by atoms with van der Waals surface area (Å²) in [6, 6.07) is 20.6. The summed E-state index contributed by atoms with van der Waals surface area (Å²) in [6.45, 7) is -0.144. The number of pyridine rings is 1. The van der Waals surface area contributed by atoms with Crippen molar-refractivity contribution in [2.75, 3.05) is 11.9 Å². The topological polar surface area (TPSA) is 71.2 Å². The van der Waals surface area contributed by atoms with E-state index in [4.69, 9.17) is 4.74 Å². The van der Waals surface area contributed by atoms with Crippen LogP contribution in [0.2, 0.25) is 0 Å². The van der Waals surface area contributed by atoms with Crippen LogP contribution in [0.15, 0.2) is 77.7 Å². The van der Waals surface area contributed by atoms with E-state index in [2.05, 4.69) is 10.3 Å². The number of fused-ring (bicyclic) bond motifs is 2. The van der Waals surface area contributed by atoms with Crippen molar-refractivity contribution in [2.24, 2.45) is 0 Å². The number of ether oxygens (including phenoxy) is 1. The minimum absolute atomic E-state index is 0.144. The lowest BCUT2D eigenvalue weighted by Gasteiger charge is -2.11. The van der Waals surface area contributed by atoms with Crippen molar-refractivity contribution in [2.45, 2.75) is 0 Å². The smallest absolute Gasteiger partial charge is 0.262 e. The molecule has 0 atom stereocenters. The molecule has 3 aromatic carbocycles. The fraction of sp³-hybridized carbons (Fsp3) is 0.0476. The Morgan fingerprint density at radius 3 is 2.58 bits per heavy atom. The summed E-state index contributed by atoms with van der Waals surface area (Å²) in [6.07, 6.45) is 1.56. The lowest BCUT2D eigenvalue weighted by atomic mass is 10.1. The van der Waals surface area contributed by atoms with E-state index in [1.807, 2.05) is 42.5 Å². The van der Waals surface area contributed by atoms with Crippen LogP contribution < -0.4 is 15.6 Å². The zero-order valence-corrected chi connectivity index (χ0v) is 13.9. The molecule has 0 aliphatic carbocycles. The number of amides is 1. The predicted octanol–water partition coefficient (Wildman–Crippen LogP) is 3.70. The molecule has 4 rings (SSSR count). The van der Waals surface area contributed by atoms with E-state index in [1.54, 1.807) is 30.5 Å². The van der Waals surface area contributed by atoms with Crippen LogP contribution in [0.4, 0.5) is 5.69 Å². The summed E-state index contributed by atoms with van der Waals surface area (Å²) >= 11 is 0. The Labute approximate surface area is 149 Å². The van der Waals surface area contributed by atoms with Crippen molar-refractivity contribution in [1.29, 1.82) is 0 Å². The Morgan fingerprint density at radius 1 is 0.885 bits per heavy atom. The van der Waals surface area contributed by atoms with Crippen molar-refractivity contribution in [1.82, 2.24) is 4.98 Å². The molecule has 4 aromatic rings. The Balaban J connectivity index is 1.53. The lowest BCUT2D eigenvalue weighted by molar-refractivity contribution is -0.118. The van der Waals surface area contributed by atoms with Crippen LogP contribution in [0.1, 0.15) is 0 Å². The normalized spacial score (nSPS) is 10.8. The molecule has 0 saturated carbocycles. The van der Waals surface area contributed by atoms with Crippen LogP contribution in [0.5, 0.6) is 5.75 Å². The third-order valence-corrected chi connectivity index (χ3v) is 4.20. The second-order valence-corrected chi connectivity index (χ2v) is 5.89. The first-order valence-corrected chi connectivity index (χ1v) is 8.23. The van der Waals surface area contributed by atoms with Crippen LogP contribution >= 0.6 is 0 Å². The molecule has 1 amide bonds. The summed E-state index contributed by atoms with van der Waals surface area (Å²) in [5.41, 5.74) is 0.555. The van der Waals surface area contributed by atoms with Gasteiger partial charge >= 0.3 is 0 Å². The number of hydrogen-bond acceptors (Lipinski definition) is 3. The van der Waals surface area contributed by atoms with E-state index in [-0.39, 0.29) is 18.1 Å². The molecular weight excluding hydrogens is 328 g/mol. The highest BCUT2D eigenvalue weighted by molar-refractivity contribution is 6.02. The number of carbonyl (C=O) groups is 1. The number of hydrogen-bond donors (Lipinski definition) is 2. The highest BCUT2D eigenvalue weighted by atomic mass is 16.5. The maximum absolute atomic E-state index is 12.3. The van der Waals surface area contributed by atoms with Gasteiger partial charge in [0.25, 0.3) is 11.5 Å². The molecule has 0 unspecified atom stereocenters. The second kappa shape index (κ2) is 6.72. The zero-order chi connectivity index (χ0) is 17.9. The van der Waals surface area contributed by atoms with E-state index >= 15 is 0 Å². The fourth-order valence-electron chi connectivity index (χ4n) is 2.98. The largest absolute Gasteiger partial charge is 0.483 e. The maximum atomic E-state index is 12.3. The van der Waals surface area contributed by atoms with Gasteiger partial charge < -0.3 is 15.0 Å². The molecule has 0 aliphatic heterocycles. The quantitative estimate of drug-likeness (QED) is 0.593. The van der Waals surface area contributed by atoms with Gasteiger partial charge in [-0.2, -0.15) is 0 Å². The predicted molar refractivity (Wildman–Crippen MR) is 103 cm³/mol. The molecule has 1 heterocycles. The monoisotopic (exact) mass is 344 g/mol. The molecule has 0 bridgehead atoms. The van der Waals surface area contributed by atoms with Gasteiger partial charge in [-0.3, -0.25) is 9.59 Å². The summed E-state index contributed by atoms with van der Waals surface area (Å²) in [7, 11) is 0. The highest BCUT2D eigenvalue weighted by Gasteiger charge is 2.09. The van der Waals surface area contributed by atoms with Gasteiger partial charge in [0.2, 0.25) is 0 Å². The SMILES string of the molecule is O=C(COc1cccc2c(=O)[nH]ccc12)Nc1cccc2ccccc12. The Morgan fingerprint density at radius 2 is 1.65 bits per heavy atom. The molecule has 128 valence electrons. The van der Waals surface area contributed by atoms with Crippen molar-refractivity contribution >= 4 is 33.1 Å². The average Bonchev–Trinajstić information content (AvgIpc) is 2.67. The number of rotatable bonds is 4. The van der Waals surface area contributed by atoms with E-state index in [0.29, 0.717) is 16.5 Å². The lowest BCUT2D eigenvalue weighted by Crippen LogP contribution is -2.20. The Bertz CT molecular complexity index is 1160. The van der Waals surface area contributed by atoms with Crippen molar-refractivity contribution in [3.63, 3.8) is 0 Å². The third kappa shape index (κ3) is 3.02. The van der Waals surface area contributed by atoms with Gasteiger partial charge in [0.15, 0.2) is 6.61 Å². The van der Waals surface area contributed by atoms with Crippen molar-refractivity contribution in [3.8, 4) is 5.75 Å². The van der Waals surface area contributed by atoms with Crippen LogP contribution in [0.25, 0.3) is 21.5 Å². The summed E-state index contributed by atoms with van der Waals surface area (Å²) < 4.78 is 5.66. The number of nitrogens with one attached hydrogen (secondary N) is 2. The van der Waals surface area contributed by atoms with Crippen LogP contribution in [-0.4, -0.2) is 17.5 Å². The number of aromatic nitrogens is 1. The zero-order valence-electron chi connectivity index (χ0n) is 13.9. The summed E-state index contributed by atoms with van der Waals surface area (Å²) in [5.74, 6) is 0.241. The van der Waals surface area contributed by atoms with Gasteiger partial charge in [0.05, 0.1) is 5.39 Å². The molecule has 0 radical (unpaired) electrons. The molecule has 1 aromatic heterocycles. The number of anilines is 1. The molecule has 0 spiro atoms. The van der Waals surface area contributed by atoms with E-state index in [9.17, 15) is 9.59 Å². The van der Waals surface area contributed by atoms with Crippen molar-refractivity contribution in [3.05, 3.63) is 83.3 Å². The molecule has 26 heavy (non-hydrogen) atoms. The minimum Gasteiger partial charge on any atom is -0.483 e. The van der Waals surface area contributed by atoms with Crippen LogP contribution in [-0.2, 0) is 4.79 Å². The first-order chi connectivity index (χ1) is 12.7. The second-order valence-electron chi connectivity index (χ2n) is 5.89. The van der Waals surface area contributed by atoms with Gasteiger partial charge in [0.1, 0.15) is 5.75 Å². The number of H-pyrrole nitrogens is 1. The van der Waals surface area contributed by atoms with Gasteiger partial charge in [-0.15, -0.1) is 0 Å². The molecular formula is C21H16N2O3. The van der Waals surface area contributed by atoms with Gasteiger partial charge in [0, 0.05) is 22.7 Å². The van der Waals surface area contributed by atoms with E-state index < -0.39 is 0 Å². The minimum atomic E-state index is -0.261. The first kappa shape index (κ1) is 15.9. The van der Waals surface area contributed by atoms with Crippen molar-refractivity contribution < 1.29 is 9.53 Å². The average molecular weight is 344 g/mol. The standard InChI is InChI=1S/C21H16N2O3/c24-20(23-18-9-3-6-14-5-1-2-7-15(14)18)13-26-19-10-4-8-17-16(19)11-12-22-21(17)25/h1-12H,13H2,(H,22,25)(H,23,24). The molecule has 0 fully saturated rings. The Kier molecular flexibility index (Phi) is 4.11. The van der Waals surface area contributed by atoms with E-state index in [0.717, 1.165) is 16.5 Å². The fourth-order valence-corrected chi connectivity index (χ4v) is 2.98.